The molecule has 1 saturated heterocycles. The zero-order valence-electron chi connectivity index (χ0n) is 84.7. The molecule has 1 heterocycles. The van der Waals surface area contributed by atoms with Gasteiger partial charge in [0.2, 0.25) is 0 Å². The number of hydrogen-bond donors (Lipinski definition) is 2. The number of aliphatic hydroxyl groups excluding tert-OH is 2. The average molecular weight is 1760 g/mol. The number of aliphatic hydroxyl groups is 2. The third-order valence-corrected chi connectivity index (χ3v) is 51.2. The molecule has 696 valence electrons. The number of allylic oxidation sites excluding steroid dienone is 7. The fourth-order valence-electron chi connectivity index (χ4n) is 21.5. The molecule has 11 aliphatic rings. The van der Waals surface area contributed by atoms with Crippen LogP contribution in [0.15, 0.2) is 83.6 Å². The maximum absolute atomic E-state index is 11.8. The Labute approximate surface area is 766 Å². The van der Waals surface area contributed by atoms with Crippen LogP contribution in [0.5, 0.6) is 0 Å². The van der Waals surface area contributed by atoms with Gasteiger partial charge in [-0.15, -0.1) is 8.58 Å². The first-order valence-electron chi connectivity index (χ1n) is 49.0. The van der Waals surface area contributed by atoms with Crippen molar-refractivity contribution in [3.63, 3.8) is 0 Å². The Hall–Kier alpha value is -0.535. The standard InChI is InChI=1S/C34H62O2Si2.C22H42O2Si2.C13H24O.2C13H22O.C4H8O.C4H9.C2H7P.CH4.Li.H2/c1-14-16-28-20-21-29-27(17-15-22-34(28,29)9)19-18-26-23-30(35-37(10,11)32(3,4)5)25(2)31(24-26)36-38(12,13)33(6,7)8;1-13-14-18-15-19(23-25(9,10)21(3,4)5)17(2)20(16-18)24-26(11,12)22(6,7)8;3*1-3-5-10-7-8-11-12(14)6-4-9-13(10,11)2;1-2-4-5-3-1;1-3-4-2;1-3-2;;;/h18-19,28-31H,2,14-17,20-24H2,1,3-13H3;13-14,19-20H,1-2,15-16H2,3-12H3;10-12,14H,3-9H2,1-2H3;10-11H,3-9H2,1-2H3;5,11-12,14H,3-4,6-9H2,1-2H3;1-4H2;1,3-4H2,2H3;3H,1-2H3;1H4;;1H/q;;;;;;-1;;;+1;/b27-19+;;;;;;;;;;/t28?,29-,30+,31+,34+;19-,20-;10?,11-,12-,13+;10?,11-,13+;11-,12-,13+;;;;;;/m01000....../s1. The van der Waals surface area contributed by atoms with Gasteiger partial charge in [-0.1, -0.05) is 277 Å². The minimum absolute atomic E-state index is 0. The Bertz CT molecular complexity index is 3090. The van der Waals surface area contributed by atoms with E-state index in [-0.39, 0.29) is 84.5 Å². The zero-order valence-corrected chi connectivity index (χ0v) is 89.7. The van der Waals surface area contributed by atoms with Crippen molar-refractivity contribution in [2.75, 3.05) is 26.5 Å². The minimum Gasteiger partial charge on any atom is -0.410 e. The first-order chi connectivity index (χ1) is 54.7. The van der Waals surface area contributed by atoms with E-state index < -0.39 is 33.3 Å². The van der Waals surface area contributed by atoms with Crippen LogP contribution < -0.4 is 18.9 Å². The minimum atomic E-state index is -1.93. The number of carbonyl (C=O) groups excluding carboxylic acids is 1. The molecular weight excluding hydrogens is 1550 g/mol. The van der Waals surface area contributed by atoms with E-state index in [4.69, 9.17) is 22.4 Å². The molecule has 10 aliphatic carbocycles. The molecule has 11 fully saturated rings. The second-order valence-corrected chi connectivity index (χ2v) is 66.0. The number of Topliss-reactive ketones (excluding diaryl/α,β-unsaturated/α-hetero) is 1. The van der Waals surface area contributed by atoms with Gasteiger partial charge < -0.3 is 39.6 Å². The third kappa shape index (κ3) is 31.3. The van der Waals surface area contributed by atoms with Crippen LogP contribution in [0.4, 0.5) is 0 Å². The van der Waals surface area contributed by atoms with Crippen molar-refractivity contribution < 1.29 is 57.7 Å². The summed E-state index contributed by atoms with van der Waals surface area (Å²) in [6.45, 7) is 90.4. The number of ether oxygens (including phenoxy) is 1. The molecule has 8 nitrogen and oxygen atoms in total. The summed E-state index contributed by atoms with van der Waals surface area (Å²) in [7, 11) is -6.53. The number of hydrogen-bond acceptors (Lipinski definition) is 8. The molecule has 0 bridgehead atoms. The van der Waals surface area contributed by atoms with Crippen molar-refractivity contribution in [1.82, 2.24) is 0 Å². The fourth-order valence-corrected chi connectivity index (χ4v) is 26.7. The van der Waals surface area contributed by atoms with Crippen LogP contribution in [-0.4, -0.2) is 112 Å². The van der Waals surface area contributed by atoms with E-state index in [1.165, 1.54) is 177 Å². The van der Waals surface area contributed by atoms with Gasteiger partial charge in [-0.3, -0.25) is 4.79 Å². The molecule has 0 aromatic heterocycles. The molecule has 10 saturated carbocycles. The Morgan fingerprint density at radius 3 is 1.23 bits per heavy atom. The monoisotopic (exact) mass is 1750 g/mol. The Balaban J connectivity index is 0.000000763. The molecule has 11 rings (SSSR count). The van der Waals surface area contributed by atoms with Crippen LogP contribution in [0.25, 0.3) is 0 Å². The van der Waals surface area contributed by atoms with Crippen LogP contribution in [0, 0.1) is 70.0 Å². The van der Waals surface area contributed by atoms with E-state index in [1.807, 2.05) is 6.08 Å². The van der Waals surface area contributed by atoms with E-state index in [2.05, 4.69) is 262 Å². The third-order valence-electron chi connectivity index (χ3n) is 33.3. The number of carbonyl (C=O) groups is 1. The maximum Gasteiger partial charge on any atom is 1.00 e. The van der Waals surface area contributed by atoms with Gasteiger partial charge in [0.1, 0.15) is 5.78 Å². The molecule has 0 spiro atoms. The summed E-state index contributed by atoms with van der Waals surface area (Å²) in [6, 6.07) is 0. The smallest absolute Gasteiger partial charge is 0.410 e. The van der Waals surface area contributed by atoms with Crippen molar-refractivity contribution in [2.45, 2.75) is 487 Å². The summed E-state index contributed by atoms with van der Waals surface area (Å²) in [5.41, 5.74) is 10.2. The Morgan fingerprint density at radius 1 is 0.492 bits per heavy atom. The van der Waals surface area contributed by atoms with Gasteiger partial charge in [-0.2, -0.15) is 6.42 Å². The summed E-state index contributed by atoms with van der Waals surface area (Å²) in [6.07, 6.45) is 54.3. The summed E-state index contributed by atoms with van der Waals surface area (Å²) in [5.74, 6) is 5.58. The van der Waals surface area contributed by atoms with E-state index in [0.29, 0.717) is 45.2 Å². The van der Waals surface area contributed by atoms with Crippen molar-refractivity contribution in [3.05, 3.63) is 90.5 Å². The molecule has 14 heteroatoms. The SMILES string of the molecule is C.C1CCOC1.C=C1[C@H](O[Si](C)(C)C(C)(C)C)CC(=C/C=C2\CCC[C@]3(C)C(CCC)CC[C@@H]23)C[C@H]1O[Si](C)(C)C(C)(C)C.C=CC=C1C[C@@H](O[Si](C)(C)C(C)(C)C)C(=C)[C@H](O[Si](C)(C)C(C)(C)C)C1.CCC=C1CC[C@H]2[C@@H](O)CCC[C@]12C.CCCC1CC[C@H]2C(=O)CCC[C@]12C.CCCC1CC[C@H]2[C@@H](O)CCC[C@]12C.CPC.[CH2-]CCC.[HH].[Li+]. The largest absolute Gasteiger partial charge is 1.00 e. The van der Waals surface area contributed by atoms with Crippen LogP contribution in [-0.2, 0) is 27.2 Å². The Morgan fingerprint density at radius 2 is 0.850 bits per heavy atom. The van der Waals surface area contributed by atoms with Gasteiger partial charge >= 0.3 is 18.9 Å². The van der Waals surface area contributed by atoms with E-state index in [9.17, 15) is 15.0 Å². The number of fused-ring (bicyclic) bond motifs is 4. The number of unbranched alkanes of at least 4 members (excludes halogenated alkanes) is 1. The first-order valence-corrected chi connectivity index (χ1v) is 62.7. The molecule has 17 atom stereocenters. The van der Waals surface area contributed by atoms with Crippen molar-refractivity contribution in [2.24, 2.45) is 63.1 Å². The van der Waals surface area contributed by atoms with E-state index >= 15 is 0 Å². The van der Waals surface area contributed by atoms with Gasteiger partial charge in [0, 0.05) is 27.0 Å². The van der Waals surface area contributed by atoms with Crippen LogP contribution in [0.1, 0.15) is 379 Å². The van der Waals surface area contributed by atoms with Gasteiger partial charge in [0.25, 0.3) is 0 Å². The normalized spacial score (nSPS) is 32.6. The predicted molar refractivity (Wildman–Crippen MR) is 538 cm³/mol. The molecule has 0 radical (unpaired) electrons. The predicted octanol–water partition coefficient (Wildman–Crippen LogP) is 29.7. The van der Waals surface area contributed by atoms with Crippen molar-refractivity contribution >= 4 is 47.6 Å². The molecule has 0 aromatic rings. The van der Waals surface area contributed by atoms with Gasteiger partial charge in [-0.05, 0) is 315 Å². The molecule has 0 aromatic carbocycles. The summed E-state index contributed by atoms with van der Waals surface area (Å²) in [5, 5.41) is 20.8. The molecule has 1 aliphatic heterocycles. The fraction of sp³-hybridized carbons (Fsp3) is 0.849. The van der Waals surface area contributed by atoms with Crippen LogP contribution in [0.3, 0.4) is 0 Å². The second-order valence-electron chi connectivity index (χ2n) is 45.9. The van der Waals surface area contributed by atoms with Crippen LogP contribution in [0.2, 0.25) is 72.5 Å². The molecule has 2 N–H and O–H groups in total. The maximum atomic E-state index is 11.8. The number of rotatable bonds is 18. The Kier molecular flexibility index (Phi) is 48.9. The summed E-state index contributed by atoms with van der Waals surface area (Å²) >= 11 is 0. The topological polar surface area (TPSA) is 104 Å². The van der Waals surface area contributed by atoms with Gasteiger partial charge in [0.15, 0.2) is 33.3 Å². The summed E-state index contributed by atoms with van der Waals surface area (Å²) < 4.78 is 32.6. The molecule has 3 unspecified atom stereocenters. The van der Waals surface area contributed by atoms with E-state index in [0.717, 1.165) is 115 Å². The first kappa shape index (κ1) is 116. The average Bonchev–Trinajstić information content (AvgIpc) is 1.68. The number of ketones is 1. The second kappa shape index (κ2) is 50.8. The van der Waals surface area contributed by atoms with Gasteiger partial charge in [0.05, 0.1) is 36.6 Å². The summed E-state index contributed by atoms with van der Waals surface area (Å²) in [4.78, 5) is 11.8. The molecule has 0 amide bonds. The zero-order chi connectivity index (χ0) is 89.5. The van der Waals surface area contributed by atoms with Crippen molar-refractivity contribution in [3.8, 4) is 0 Å². The van der Waals surface area contributed by atoms with Crippen molar-refractivity contribution in [1.29, 1.82) is 0 Å². The van der Waals surface area contributed by atoms with Crippen LogP contribution >= 0.6 is 8.58 Å². The quantitative estimate of drug-likeness (QED) is 0.0605. The van der Waals surface area contributed by atoms with E-state index in [1.54, 1.807) is 11.1 Å². The molecular formula is C106H202LiO8PSi4. The molecule has 120 heavy (non-hydrogen) atoms. The van der Waals surface area contributed by atoms with Gasteiger partial charge in [-0.25, -0.2) is 0 Å².